The SMILES string of the molecule is NC(c1ccncc1)c1cccc(OC(F)(F)F)c1. The average molecular weight is 268 g/mol. The van der Waals surface area contributed by atoms with E-state index in [1.165, 1.54) is 18.2 Å². The summed E-state index contributed by atoms with van der Waals surface area (Å²) in [6, 6.07) is 8.52. The highest BCUT2D eigenvalue weighted by Gasteiger charge is 2.31. The molecule has 19 heavy (non-hydrogen) atoms. The molecular formula is C13H11F3N2O. The Bertz CT molecular complexity index is 543. The molecule has 2 aromatic rings. The molecule has 0 amide bonds. The zero-order chi connectivity index (χ0) is 13.9. The van der Waals surface area contributed by atoms with Crippen molar-refractivity contribution in [2.24, 2.45) is 5.73 Å². The summed E-state index contributed by atoms with van der Waals surface area (Å²) in [5.74, 6) is -0.283. The lowest BCUT2D eigenvalue weighted by atomic mass is 10.0. The average Bonchev–Trinajstić information content (AvgIpc) is 2.37. The Morgan fingerprint density at radius 1 is 1.05 bits per heavy atom. The summed E-state index contributed by atoms with van der Waals surface area (Å²) in [6.07, 6.45) is -1.56. The summed E-state index contributed by atoms with van der Waals surface area (Å²) in [4.78, 5) is 3.86. The number of halogens is 3. The van der Waals surface area contributed by atoms with Crippen LogP contribution in [0.2, 0.25) is 0 Å². The van der Waals surface area contributed by atoms with E-state index in [1.54, 1.807) is 30.6 Å². The molecule has 0 aliphatic rings. The van der Waals surface area contributed by atoms with Crippen LogP contribution in [0.3, 0.4) is 0 Å². The predicted octanol–water partition coefficient (Wildman–Crippen LogP) is 3.03. The molecule has 1 aromatic carbocycles. The second kappa shape index (κ2) is 5.27. The van der Waals surface area contributed by atoms with E-state index in [0.717, 1.165) is 5.56 Å². The van der Waals surface area contributed by atoms with E-state index in [4.69, 9.17) is 5.73 Å². The molecule has 1 unspecified atom stereocenters. The number of alkyl halides is 3. The number of pyridine rings is 1. The van der Waals surface area contributed by atoms with Crippen molar-refractivity contribution >= 4 is 0 Å². The van der Waals surface area contributed by atoms with Crippen molar-refractivity contribution in [3.8, 4) is 5.75 Å². The molecule has 100 valence electrons. The number of benzene rings is 1. The first-order valence-electron chi connectivity index (χ1n) is 5.47. The summed E-state index contributed by atoms with van der Waals surface area (Å²) >= 11 is 0. The molecule has 0 spiro atoms. The quantitative estimate of drug-likeness (QED) is 0.930. The van der Waals surface area contributed by atoms with Crippen molar-refractivity contribution in [2.75, 3.05) is 0 Å². The van der Waals surface area contributed by atoms with Gasteiger partial charge >= 0.3 is 6.36 Å². The zero-order valence-electron chi connectivity index (χ0n) is 9.76. The Morgan fingerprint density at radius 3 is 2.37 bits per heavy atom. The molecule has 1 atom stereocenters. The van der Waals surface area contributed by atoms with Crippen molar-refractivity contribution in [2.45, 2.75) is 12.4 Å². The Kier molecular flexibility index (Phi) is 3.71. The maximum atomic E-state index is 12.1. The van der Waals surface area contributed by atoms with E-state index in [1.807, 2.05) is 0 Å². The van der Waals surface area contributed by atoms with Gasteiger partial charge in [0.2, 0.25) is 0 Å². The molecule has 0 aliphatic carbocycles. The van der Waals surface area contributed by atoms with E-state index in [2.05, 4.69) is 9.72 Å². The lowest BCUT2D eigenvalue weighted by molar-refractivity contribution is -0.274. The molecule has 0 saturated carbocycles. The van der Waals surface area contributed by atoms with Gasteiger partial charge in [0.05, 0.1) is 6.04 Å². The normalized spacial score (nSPS) is 13.1. The standard InChI is InChI=1S/C13H11F3N2O/c14-13(15,16)19-11-3-1-2-10(8-11)12(17)9-4-6-18-7-5-9/h1-8,12H,17H2. The van der Waals surface area contributed by atoms with E-state index >= 15 is 0 Å². The van der Waals surface area contributed by atoms with Crippen LogP contribution in [0.5, 0.6) is 5.75 Å². The molecule has 0 radical (unpaired) electrons. The van der Waals surface area contributed by atoms with Gasteiger partial charge in [0.15, 0.2) is 0 Å². The Morgan fingerprint density at radius 2 is 1.74 bits per heavy atom. The number of aromatic nitrogens is 1. The molecule has 0 fully saturated rings. The molecule has 0 aliphatic heterocycles. The third-order valence-corrected chi connectivity index (χ3v) is 2.52. The topological polar surface area (TPSA) is 48.1 Å². The van der Waals surface area contributed by atoms with Crippen molar-refractivity contribution < 1.29 is 17.9 Å². The van der Waals surface area contributed by atoms with Gasteiger partial charge in [0, 0.05) is 12.4 Å². The molecule has 0 bridgehead atoms. The summed E-state index contributed by atoms with van der Waals surface area (Å²) in [7, 11) is 0. The molecule has 6 heteroatoms. The third kappa shape index (κ3) is 3.69. The van der Waals surface area contributed by atoms with Gasteiger partial charge in [-0.3, -0.25) is 4.98 Å². The Hall–Kier alpha value is -2.08. The maximum Gasteiger partial charge on any atom is 0.573 e. The first-order valence-corrected chi connectivity index (χ1v) is 5.47. The number of nitrogens with zero attached hydrogens (tertiary/aromatic N) is 1. The highest BCUT2D eigenvalue weighted by molar-refractivity contribution is 5.35. The maximum absolute atomic E-state index is 12.1. The van der Waals surface area contributed by atoms with E-state index in [0.29, 0.717) is 5.56 Å². The second-order valence-corrected chi connectivity index (χ2v) is 3.88. The minimum atomic E-state index is -4.71. The van der Waals surface area contributed by atoms with Gasteiger partial charge in [0.1, 0.15) is 5.75 Å². The summed E-state index contributed by atoms with van der Waals surface area (Å²) < 4.78 is 40.3. The highest BCUT2D eigenvalue weighted by Crippen LogP contribution is 2.26. The van der Waals surface area contributed by atoms with Crippen LogP contribution >= 0.6 is 0 Å². The molecule has 1 heterocycles. The van der Waals surface area contributed by atoms with Gasteiger partial charge in [0.25, 0.3) is 0 Å². The Balaban J connectivity index is 2.24. The van der Waals surface area contributed by atoms with Gasteiger partial charge in [-0.25, -0.2) is 0 Å². The number of hydrogen-bond acceptors (Lipinski definition) is 3. The fourth-order valence-electron chi connectivity index (χ4n) is 1.67. The van der Waals surface area contributed by atoms with Crippen LogP contribution in [0.25, 0.3) is 0 Å². The van der Waals surface area contributed by atoms with Crippen LogP contribution in [0, 0.1) is 0 Å². The van der Waals surface area contributed by atoms with Crippen molar-refractivity contribution in [3.63, 3.8) is 0 Å². The van der Waals surface area contributed by atoms with Gasteiger partial charge in [-0.15, -0.1) is 13.2 Å². The van der Waals surface area contributed by atoms with Gasteiger partial charge in [-0.05, 0) is 35.4 Å². The van der Waals surface area contributed by atoms with Crippen molar-refractivity contribution in [3.05, 3.63) is 59.9 Å². The fourth-order valence-corrected chi connectivity index (χ4v) is 1.67. The second-order valence-electron chi connectivity index (χ2n) is 3.88. The fraction of sp³-hybridized carbons (Fsp3) is 0.154. The molecule has 1 aromatic heterocycles. The number of nitrogens with two attached hydrogens (primary N) is 1. The van der Waals surface area contributed by atoms with Crippen LogP contribution < -0.4 is 10.5 Å². The first kappa shape index (κ1) is 13.4. The van der Waals surface area contributed by atoms with E-state index in [9.17, 15) is 13.2 Å². The lowest BCUT2D eigenvalue weighted by Crippen LogP contribution is -2.18. The number of rotatable bonds is 3. The third-order valence-electron chi connectivity index (χ3n) is 2.52. The van der Waals surface area contributed by atoms with Crippen LogP contribution in [-0.2, 0) is 0 Å². The lowest BCUT2D eigenvalue weighted by Gasteiger charge is -2.14. The van der Waals surface area contributed by atoms with Gasteiger partial charge in [-0.2, -0.15) is 0 Å². The zero-order valence-corrected chi connectivity index (χ0v) is 9.76. The molecular weight excluding hydrogens is 257 g/mol. The number of hydrogen-bond donors (Lipinski definition) is 1. The monoisotopic (exact) mass is 268 g/mol. The molecule has 3 nitrogen and oxygen atoms in total. The summed E-state index contributed by atoms with van der Waals surface area (Å²) in [6.45, 7) is 0. The highest BCUT2D eigenvalue weighted by atomic mass is 19.4. The van der Waals surface area contributed by atoms with Crippen LogP contribution in [-0.4, -0.2) is 11.3 Å². The number of ether oxygens (including phenoxy) is 1. The van der Waals surface area contributed by atoms with Crippen molar-refractivity contribution in [1.29, 1.82) is 0 Å². The van der Waals surface area contributed by atoms with Crippen LogP contribution in [0.4, 0.5) is 13.2 Å². The van der Waals surface area contributed by atoms with E-state index in [-0.39, 0.29) is 5.75 Å². The van der Waals surface area contributed by atoms with Crippen molar-refractivity contribution in [1.82, 2.24) is 4.98 Å². The van der Waals surface area contributed by atoms with E-state index < -0.39 is 12.4 Å². The van der Waals surface area contributed by atoms with Crippen LogP contribution in [0.15, 0.2) is 48.8 Å². The predicted molar refractivity (Wildman–Crippen MR) is 63.4 cm³/mol. The molecule has 2 rings (SSSR count). The minimum Gasteiger partial charge on any atom is -0.406 e. The smallest absolute Gasteiger partial charge is 0.406 e. The summed E-state index contributed by atoms with van der Waals surface area (Å²) in [5, 5.41) is 0. The molecule has 2 N–H and O–H groups in total. The Labute approximate surface area is 107 Å². The van der Waals surface area contributed by atoms with Crippen LogP contribution in [0.1, 0.15) is 17.2 Å². The van der Waals surface area contributed by atoms with Gasteiger partial charge < -0.3 is 10.5 Å². The molecule has 0 saturated heterocycles. The first-order chi connectivity index (χ1) is 8.96. The minimum absolute atomic E-state index is 0.283. The van der Waals surface area contributed by atoms with Gasteiger partial charge in [-0.1, -0.05) is 12.1 Å². The summed E-state index contributed by atoms with van der Waals surface area (Å²) in [5.41, 5.74) is 7.28. The largest absolute Gasteiger partial charge is 0.573 e.